The number of benzene rings is 1. The molecule has 1 aromatic carbocycles. The molecule has 1 rings (SSSR count). The van der Waals surface area contributed by atoms with Crippen LogP contribution in [0.4, 0.5) is 5.69 Å². The molecule has 2 N–H and O–H groups in total. The molecule has 0 aliphatic carbocycles. The van der Waals surface area contributed by atoms with Gasteiger partial charge in [0, 0.05) is 46.6 Å². The van der Waals surface area contributed by atoms with Crippen molar-refractivity contribution in [2.75, 3.05) is 24.7 Å². The number of hydrogen-bond donors (Lipinski definition) is 2. The Morgan fingerprint density at radius 3 is 2.63 bits per heavy atom. The minimum atomic E-state index is -0.919. The zero-order valence-corrected chi connectivity index (χ0v) is 12.8. The molecule has 2 unspecified atom stereocenters. The molecule has 5 heteroatoms. The van der Waals surface area contributed by atoms with Gasteiger partial charge in [0.05, 0.1) is 0 Å². The van der Waals surface area contributed by atoms with Crippen LogP contribution in [0.2, 0.25) is 0 Å². The molecule has 0 aliphatic rings. The molecule has 0 saturated heterocycles. The third-order valence-electron chi connectivity index (χ3n) is 2.97. The van der Waals surface area contributed by atoms with Crippen molar-refractivity contribution in [2.45, 2.75) is 26.0 Å². The van der Waals surface area contributed by atoms with Crippen molar-refractivity contribution >= 4 is 22.4 Å². The second kappa shape index (κ2) is 7.28. The second-order valence-corrected chi connectivity index (χ2v) is 6.38. The first-order chi connectivity index (χ1) is 8.95. The number of hydrogen-bond acceptors (Lipinski definition) is 3. The van der Waals surface area contributed by atoms with Crippen molar-refractivity contribution in [3.8, 4) is 0 Å². The standard InChI is InChI=1S/C14H22N2O2S/c1-5-15-13-7-6-12(8-10(13)2)14(17)16-9-11(3)19(4)18/h6-8,11,15H,5,9H2,1-4H3,(H,16,17). The van der Waals surface area contributed by atoms with Gasteiger partial charge in [0.25, 0.3) is 5.91 Å². The molecule has 0 aliphatic heterocycles. The third kappa shape index (κ3) is 4.67. The highest BCUT2D eigenvalue weighted by molar-refractivity contribution is 7.84. The van der Waals surface area contributed by atoms with E-state index in [9.17, 15) is 9.00 Å². The van der Waals surface area contributed by atoms with E-state index >= 15 is 0 Å². The average Bonchev–Trinajstić information content (AvgIpc) is 2.37. The first-order valence-corrected chi connectivity index (χ1v) is 8.02. The zero-order valence-electron chi connectivity index (χ0n) is 11.9. The molecule has 106 valence electrons. The molecule has 2 atom stereocenters. The molecule has 4 nitrogen and oxygen atoms in total. The Bertz CT molecular complexity index is 475. The summed E-state index contributed by atoms with van der Waals surface area (Å²) >= 11 is 0. The molecule has 19 heavy (non-hydrogen) atoms. The molecular formula is C14H22N2O2S. The first kappa shape index (κ1) is 15.7. The maximum absolute atomic E-state index is 12.0. The Morgan fingerprint density at radius 2 is 2.11 bits per heavy atom. The summed E-state index contributed by atoms with van der Waals surface area (Å²) in [5.74, 6) is -0.122. The molecule has 0 saturated carbocycles. The molecular weight excluding hydrogens is 260 g/mol. The number of rotatable bonds is 6. The first-order valence-electron chi connectivity index (χ1n) is 6.40. The number of amides is 1. The highest BCUT2D eigenvalue weighted by Gasteiger charge is 2.11. The van der Waals surface area contributed by atoms with Gasteiger partial charge in [0.15, 0.2) is 0 Å². The monoisotopic (exact) mass is 282 g/mol. The number of aryl methyl sites for hydroxylation is 1. The lowest BCUT2D eigenvalue weighted by molar-refractivity contribution is 0.0954. The van der Waals surface area contributed by atoms with Crippen molar-refractivity contribution in [2.24, 2.45) is 0 Å². The van der Waals surface area contributed by atoms with E-state index in [0.717, 1.165) is 17.8 Å². The molecule has 0 spiro atoms. The van der Waals surface area contributed by atoms with Crippen LogP contribution in [0.25, 0.3) is 0 Å². The fraction of sp³-hybridized carbons (Fsp3) is 0.500. The van der Waals surface area contributed by atoms with E-state index in [4.69, 9.17) is 0 Å². The second-order valence-electron chi connectivity index (χ2n) is 4.58. The minimum absolute atomic E-state index is 0.0360. The Morgan fingerprint density at radius 1 is 1.42 bits per heavy atom. The Labute approximate surface area is 117 Å². The quantitative estimate of drug-likeness (QED) is 0.838. The van der Waals surface area contributed by atoms with Crippen molar-refractivity contribution in [3.05, 3.63) is 29.3 Å². The number of carbonyl (C=O) groups is 1. The molecule has 0 radical (unpaired) electrons. The topological polar surface area (TPSA) is 58.2 Å². The van der Waals surface area contributed by atoms with E-state index in [1.54, 1.807) is 12.3 Å². The van der Waals surface area contributed by atoms with E-state index in [-0.39, 0.29) is 11.2 Å². The van der Waals surface area contributed by atoms with Gasteiger partial charge < -0.3 is 10.6 Å². The van der Waals surface area contributed by atoms with Gasteiger partial charge in [0.1, 0.15) is 0 Å². The number of carbonyl (C=O) groups excluding carboxylic acids is 1. The molecule has 0 aromatic heterocycles. The number of anilines is 1. The van der Waals surface area contributed by atoms with Gasteiger partial charge >= 0.3 is 0 Å². The van der Waals surface area contributed by atoms with Crippen LogP contribution >= 0.6 is 0 Å². The smallest absolute Gasteiger partial charge is 0.251 e. The van der Waals surface area contributed by atoms with Crippen LogP contribution in [-0.2, 0) is 10.8 Å². The van der Waals surface area contributed by atoms with E-state index in [1.165, 1.54) is 0 Å². The fourth-order valence-corrected chi connectivity index (χ4v) is 1.97. The summed E-state index contributed by atoms with van der Waals surface area (Å²) in [7, 11) is -0.919. The van der Waals surface area contributed by atoms with E-state index in [0.29, 0.717) is 12.1 Å². The molecule has 1 aromatic rings. The highest BCUT2D eigenvalue weighted by Crippen LogP contribution is 2.16. The van der Waals surface area contributed by atoms with Crippen molar-refractivity contribution in [3.63, 3.8) is 0 Å². The van der Waals surface area contributed by atoms with E-state index < -0.39 is 10.8 Å². The van der Waals surface area contributed by atoms with Gasteiger partial charge in [-0.1, -0.05) is 0 Å². The lowest BCUT2D eigenvalue weighted by atomic mass is 10.1. The SMILES string of the molecule is CCNc1ccc(C(=O)NCC(C)S(C)=O)cc1C. The number of nitrogens with one attached hydrogen (secondary N) is 2. The molecule has 0 bridgehead atoms. The Hall–Kier alpha value is -1.36. The van der Waals surface area contributed by atoms with Gasteiger partial charge in [-0.05, 0) is 44.5 Å². The van der Waals surface area contributed by atoms with Crippen LogP contribution in [0.3, 0.4) is 0 Å². The third-order valence-corrected chi connectivity index (χ3v) is 4.27. The minimum Gasteiger partial charge on any atom is -0.385 e. The van der Waals surface area contributed by atoms with Gasteiger partial charge in [-0.15, -0.1) is 0 Å². The summed E-state index contributed by atoms with van der Waals surface area (Å²) in [5, 5.41) is 6.01. The summed E-state index contributed by atoms with van der Waals surface area (Å²) in [6, 6.07) is 5.57. The normalized spacial score (nSPS) is 13.7. The molecule has 1 amide bonds. The summed E-state index contributed by atoms with van der Waals surface area (Å²) in [6.45, 7) is 7.14. The Balaban J connectivity index is 2.67. The van der Waals surface area contributed by atoms with Crippen molar-refractivity contribution < 1.29 is 9.00 Å². The predicted molar refractivity (Wildman–Crippen MR) is 81.2 cm³/mol. The maximum Gasteiger partial charge on any atom is 0.251 e. The lowest BCUT2D eigenvalue weighted by Crippen LogP contribution is -2.32. The van der Waals surface area contributed by atoms with Crippen LogP contribution in [-0.4, -0.2) is 34.7 Å². The predicted octanol–water partition coefficient (Wildman–Crippen LogP) is 1.92. The molecule has 0 fully saturated rings. The summed E-state index contributed by atoms with van der Waals surface area (Å²) in [4.78, 5) is 12.0. The van der Waals surface area contributed by atoms with Crippen LogP contribution in [0.1, 0.15) is 29.8 Å². The van der Waals surface area contributed by atoms with Crippen molar-refractivity contribution in [1.82, 2.24) is 5.32 Å². The summed E-state index contributed by atoms with van der Waals surface area (Å²) in [5.41, 5.74) is 2.72. The Kier molecular flexibility index (Phi) is 6.02. The average molecular weight is 282 g/mol. The molecule has 0 heterocycles. The zero-order chi connectivity index (χ0) is 14.4. The summed E-state index contributed by atoms with van der Waals surface area (Å²) < 4.78 is 11.2. The maximum atomic E-state index is 12.0. The summed E-state index contributed by atoms with van der Waals surface area (Å²) in [6.07, 6.45) is 1.65. The van der Waals surface area contributed by atoms with Gasteiger partial charge in [-0.25, -0.2) is 0 Å². The van der Waals surface area contributed by atoms with Gasteiger partial charge in [0.2, 0.25) is 0 Å². The van der Waals surface area contributed by atoms with Crippen LogP contribution < -0.4 is 10.6 Å². The van der Waals surface area contributed by atoms with E-state index in [2.05, 4.69) is 10.6 Å². The fourth-order valence-electron chi connectivity index (χ4n) is 1.65. The largest absolute Gasteiger partial charge is 0.385 e. The van der Waals surface area contributed by atoms with Gasteiger partial charge in [-0.2, -0.15) is 0 Å². The lowest BCUT2D eigenvalue weighted by Gasteiger charge is -2.12. The van der Waals surface area contributed by atoms with Crippen LogP contribution in [0.15, 0.2) is 18.2 Å². The van der Waals surface area contributed by atoms with Gasteiger partial charge in [-0.3, -0.25) is 9.00 Å². The van der Waals surface area contributed by atoms with E-state index in [1.807, 2.05) is 32.9 Å². The van der Waals surface area contributed by atoms with Crippen LogP contribution in [0, 0.1) is 6.92 Å². The van der Waals surface area contributed by atoms with Crippen molar-refractivity contribution in [1.29, 1.82) is 0 Å². The van der Waals surface area contributed by atoms with Crippen LogP contribution in [0.5, 0.6) is 0 Å². The highest BCUT2D eigenvalue weighted by atomic mass is 32.2.